The van der Waals surface area contributed by atoms with Crippen molar-refractivity contribution in [3.8, 4) is 11.8 Å². The Hall–Kier alpha value is -2.72. The van der Waals surface area contributed by atoms with Gasteiger partial charge in [-0.3, -0.25) is 9.78 Å². The van der Waals surface area contributed by atoms with Crippen molar-refractivity contribution in [1.82, 2.24) is 20.4 Å². The highest BCUT2D eigenvalue weighted by Crippen LogP contribution is 2.05. The average Bonchev–Trinajstić information content (AvgIpc) is 2.98. The van der Waals surface area contributed by atoms with Gasteiger partial charge in [-0.15, -0.1) is 0 Å². The lowest BCUT2D eigenvalue weighted by molar-refractivity contribution is 0.0953. The predicted octanol–water partition coefficient (Wildman–Crippen LogP) is -0.219. The van der Waals surface area contributed by atoms with Crippen LogP contribution in [-0.4, -0.2) is 39.3 Å². The molecule has 7 heteroatoms. The summed E-state index contributed by atoms with van der Waals surface area (Å²) in [6.07, 6.45) is 4.71. The van der Waals surface area contributed by atoms with Gasteiger partial charge in [0.25, 0.3) is 5.91 Å². The summed E-state index contributed by atoms with van der Waals surface area (Å²) < 4.78 is 4.60. The zero-order valence-corrected chi connectivity index (χ0v) is 10.5. The molecule has 0 saturated carbocycles. The van der Waals surface area contributed by atoms with Gasteiger partial charge in [0.2, 0.25) is 6.39 Å². The van der Waals surface area contributed by atoms with Gasteiger partial charge in [0.15, 0.2) is 5.82 Å². The number of carbonyl (C=O) groups is 1. The van der Waals surface area contributed by atoms with E-state index in [1.54, 1.807) is 6.07 Å². The molecule has 2 aromatic rings. The summed E-state index contributed by atoms with van der Waals surface area (Å²) in [4.78, 5) is 19.8. The van der Waals surface area contributed by atoms with E-state index >= 15 is 0 Å². The maximum Gasteiger partial charge on any atom is 0.252 e. The van der Waals surface area contributed by atoms with Gasteiger partial charge < -0.3 is 14.9 Å². The molecule has 20 heavy (non-hydrogen) atoms. The van der Waals surface area contributed by atoms with E-state index in [-0.39, 0.29) is 12.5 Å². The summed E-state index contributed by atoms with van der Waals surface area (Å²) in [6.45, 7) is 0.112. The predicted molar refractivity (Wildman–Crippen MR) is 68.5 cm³/mol. The van der Waals surface area contributed by atoms with Crippen molar-refractivity contribution in [2.75, 3.05) is 13.2 Å². The largest absolute Gasteiger partial charge is 0.384 e. The first kappa shape index (κ1) is 13.7. The van der Waals surface area contributed by atoms with Crippen LogP contribution in [0, 0.1) is 11.8 Å². The number of amides is 1. The Morgan fingerprint density at radius 2 is 2.40 bits per heavy atom. The third-order valence-corrected chi connectivity index (χ3v) is 2.41. The quantitative estimate of drug-likeness (QED) is 0.746. The van der Waals surface area contributed by atoms with Crippen molar-refractivity contribution in [3.63, 3.8) is 0 Å². The Kier molecular flexibility index (Phi) is 4.81. The van der Waals surface area contributed by atoms with Gasteiger partial charge in [0.1, 0.15) is 6.61 Å². The third kappa shape index (κ3) is 3.63. The highest BCUT2D eigenvalue weighted by Gasteiger charge is 2.10. The van der Waals surface area contributed by atoms with Crippen LogP contribution in [0.2, 0.25) is 0 Å². The van der Waals surface area contributed by atoms with E-state index in [9.17, 15) is 4.79 Å². The molecular formula is C13H12N4O3. The summed E-state index contributed by atoms with van der Waals surface area (Å²) in [7, 11) is 0. The highest BCUT2D eigenvalue weighted by molar-refractivity contribution is 5.96. The standard InChI is InChI=1S/C13H12N4O3/c18-7-1-2-10-8-14-5-3-11(10)13(19)15-6-4-12-16-9-20-17-12/h3,5,8-9,18H,4,6-7H2,(H,15,19). The summed E-state index contributed by atoms with van der Waals surface area (Å²) >= 11 is 0. The SMILES string of the molecule is O=C(NCCc1ncon1)c1ccncc1C#CCO. The number of aromatic nitrogens is 3. The maximum atomic E-state index is 12.0. The van der Waals surface area contributed by atoms with Gasteiger partial charge in [-0.1, -0.05) is 17.0 Å². The molecule has 0 radical (unpaired) electrons. The fourth-order valence-corrected chi connectivity index (χ4v) is 1.51. The number of pyridine rings is 1. The van der Waals surface area contributed by atoms with Gasteiger partial charge in [-0.25, -0.2) is 0 Å². The second-order valence-electron chi connectivity index (χ2n) is 3.73. The van der Waals surface area contributed by atoms with Crippen molar-refractivity contribution in [2.24, 2.45) is 0 Å². The molecule has 7 nitrogen and oxygen atoms in total. The van der Waals surface area contributed by atoms with Crippen LogP contribution in [0.25, 0.3) is 0 Å². The monoisotopic (exact) mass is 272 g/mol. The smallest absolute Gasteiger partial charge is 0.252 e. The number of aliphatic hydroxyl groups is 1. The topological polar surface area (TPSA) is 101 Å². The minimum Gasteiger partial charge on any atom is -0.384 e. The average molecular weight is 272 g/mol. The third-order valence-electron chi connectivity index (χ3n) is 2.41. The van der Waals surface area contributed by atoms with Crippen LogP contribution in [0.4, 0.5) is 0 Å². The summed E-state index contributed by atoms with van der Waals surface area (Å²) in [5.41, 5.74) is 0.882. The van der Waals surface area contributed by atoms with Crippen molar-refractivity contribution in [1.29, 1.82) is 0 Å². The van der Waals surface area contributed by atoms with E-state index in [4.69, 9.17) is 5.11 Å². The zero-order chi connectivity index (χ0) is 14.2. The summed E-state index contributed by atoms with van der Waals surface area (Å²) in [5.74, 6) is 5.44. The molecule has 0 aliphatic heterocycles. The van der Waals surface area contributed by atoms with Gasteiger partial charge in [0.05, 0.1) is 11.1 Å². The van der Waals surface area contributed by atoms with Crippen LogP contribution in [-0.2, 0) is 6.42 Å². The van der Waals surface area contributed by atoms with Crippen LogP contribution in [0.1, 0.15) is 21.7 Å². The molecule has 0 unspecified atom stereocenters. The molecule has 0 spiro atoms. The van der Waals surface area contributed by atoms with E-state index < -0.39 is 0 Å². The number of carbonyl (C=O) groups excluding carboxylic acids is 1. The van der Waals surface area contributed by atoms with Crippen molar-refractivity contribution in [2.45, 2.75) is 6.42 Å². The first-order chi connectivity index (χ1) is 9.81. The Morgan fingerprint density at radius 3 is 3.15 bits per heavy atom. The number of hydrogen-bond donors (Lipinski definition) is 2. The minimum absolute atomic E-state index is 0.266. The molecule has 0 aromatic carbocycles. The highest BCUT2D eigenvalue weighted by atomic mass is 16.5. The fourth-order valence-electron chi connectivity index (χ4n) is 1.51. The lowest BCUT2D eigenvalue weighted by Gasteiger charge is -2.05. The summed E-state index contributed by atoms with van der Waals surface area (Å²) in [5, 5.41) is 15.1. The van der Waals surface area contributed by atoms with Gasteiger partial charge in [0, 0.05) is 25.4 Å². The molecular weight excluding hydrogens is 260 g/mol. The van der Waals surface area contributed by atoms with Crippen LogP contribution >= 0.6 is 0 Å². The van der Waals surface area contributed by atoms with Crippen LogP contribution in [0.5, 0.6) is 0 Å². The van der Waals surface area contributed by atoms with Gasteiger partial charge >= 0.3 is 0 Å². The molecule has 0 fully saturated rings. The molecule has 2 N–H and O–H groups in total. The minimum atomic E-state index is -0.270. The van der Waals surface area contributed by atoms with Gasteiger partial charge in [-0.2, -0.15) is 4.98 Å². The van der Waals surface area contributed by atoms with Crippen molar-refractivity contribution in [3.05, 3.63) is 41.8 Å². The molecule has 2 aromatic heterocycles. The lowest BCUT2D eigenvalue weighted by atomic mass is 10.1. The van der Waals surface area contributed by atoms with E-state index in [1.165, 1.54) is 18.8 Å². The number of nitrogens with one attached hydrogen (secondary N) is 1. The van der Waals surface area contributed by atoms with Crippen LogP contribution in [0.3, 0.4) is 0 Å². The molecule has 1 amide bonds. The normalized spacial score (nSPS) is 9.65. The second-order valence-corrected chi connectivity index (χ2v) is 3.73. The van der Waals surface area contributed by atoms with Crippen molar-refractivity contribution < 1.29 is 14.4 Å². The number of hydrogen-bond acceptors (Lipinski definition) is 6. The molecule has 2 rings (SSSR count). The van der Waals surface area contributed by atoms with Crippen LogP contribution in [0.15, 0.2) is 29.4 Å². The van der Waals surface area contributed by atoms with Crippen molar-refractivity contribution >= 4 is 5.91 Å². The van der Waals surface area contributed by atoms with Gasteiger partial charge in [-0.05, 0) is 6.07 Å². The second kappa shape index (κ2) is 7.01. The molecule has 0 atom stereocenters. The Bertz CT molecular complexity index is 629. The first-order valence-corrected chi connectivity index (χ1v) is 5.88. The Labute approximate surface area is 115 Å². The molecule has 2 heterocycles. The number of aliphatic hydroxyl groups excluding tert-OH is 1. The van der Waals surface area contributed by atoms with E-state index in [2.05, 4.69) is 36.8 Å². The molecule has 0 saturated heterocycles. The number of rotatable bonds is 4. The zero-order valence-electron chi connectivity index (χ0n) is 10.5. The Balaban J connectivity index is 1.98. The van der Waals surface area contributed by atoms with E-state index in [1.807, 2.05) is 0 Å². The Morgan fingerprint density at radius 1 is 1.50 bits per heavy atom. The van der Waals surface area contributed by atoms with E-state index in [0.29, 0.717) is 29.9 Å². The lowest BCUT2D eigenvalue weighted by Crippen LogP contribution is -2.26. The van der Waals surface area contributed by atoms with Crippen LogP contribution < -0.4 is 5.32 Å². The maximum absolute atomic E-state index is 12.0. The molecule has 0 aliphatic carbocycles. The van der Waals surface area contributed by atoms with E-state index in [0.717, 1.165) is 0 Å². The molecule has 0 bridgehead atoms. The summed E-state index contributed by atoms with van der Waals surface area (Å²) in [6, 6.07) is 1.57. The fraction of sp³-hybridized carbons (Fsp3) is 0.231. The molecule has 0 aliphatic rings. The number of nitrogens with zero attached hydrogens (tertiary/aromatic N) is 3. The first-order valence-electron chi connectivity index (χ1n) is 5.88. The molecule has 102 valence electrons.